The van der Waals surface area contributed by atoms with Gasteiger partial charge in [0, 0.05) is 0 Å². The normalized spacial score (nSPS) is 10.9. The van der Waals surface area contributed by atoms with Crippen molar-refractivity contribution in [1.82, 2.24) is 0 Å². The molecule has 0 aliphatic rings. The van der Waals surface area contributed by atoms with Gasteiger partial charge in [0.15, 0.2) is 5.43 Å². The van der Waals surface area contributed by atoms with Crippen molar-refractivity contribution in [2.24, 2.45) is 0 Å². The minimum absolute atomic E-state index is 0.148. The van der Waals surface area contributed by atoms with Crippen molar-refractivity contribution in [3.8, 4) is 0 Å². The Hall–Kier alpha value is -1.61. The van der Waals surface area contributed by atoms with E-state index in [1.807, 2.05) is 19.9 Å². The zero-order valence-corrected chi connectivity index (χ0v) is 8.70. The van der Waals surface area contributed by atoms with Crippen molar-refractivity contribution in [3.63, 3.8) is 0 Å². The molecule has 1 aromatic carbocycles. The summed E-state index contributed by atoms with van der Waals surface area (Å²) in [5.41, 5.74) is 2.70. The van der Waals surface area contributed by atoms with Crippen LogP contribution in [0.4, 0.5) is 0 Å². The van der Waals surface area contributed by atoms with Crippen LogP contribution in [-0.4, -0.2) is 5.11 Å². The third-order valence-corrected chi connectivity index (χ3v) is 2.44. The van der Waals surface area contributed by atoms with Gasteiger partial charge in [-0.25, -0.2) is 0 Å². The molecule has 0 unspecified atom stereocenters. The van der Waals surface area contributed by atoms with Gasteiger partial charge >= 0.3 is 0 Å². The maximum atomic E-state index is 11.8. The number of aliphatic hydroxyl groups excluding tert-OH is 1. The number of hydrogen-bond acceptors (Lipinski definition) is 3. The van der Waals surface area contributed by atoms with E-state index in [4.69, 9.17) is 9.52 Å². The highest BCUT2D eigenvalue weighted by molar-refractivity contribution is 5.80. The van der Waals surface area contributed by atoms with Crippen molar-refractivity contribution >= 4 is 11.0 Å². The van der Waals surface area contributed by atoms with Crippen LogP contribution in [0, 0.1) is 13.8 Å². The van der Waals surface area contributed by atoms with Crippen molar-refractivity contribution in [2.75, 3.05) is 0 Å². The van der Waals surface area contributed by atoms with E-state index < -0.39 is 0 Å². The molecule has 1 N–H and O–H groups in total. The predicted octanol–water partition coefficient (Wildman–Crippen LogP) is 1.90. The number of rotatable bonds is 1. The Morgan fingerprint density at radius 2 is 2.07 bits per heavy atom. The molecule has 0 saturated carbocycles. The molecule has 0 radical (unpaired) electrons. The molecule has 0 bridgehead atoms. The van der Waals surface area contributed by atoms with Gasteiger partial charge in [-0.05, 0) is 31.0 Å². The molecule has 0 saturated heterocycles. The topological polar surface area (TPSA) is 50.4 Å². The highest BCUT2D eigenvalue weighted by atomic mass is 16.3. The lowest BCUT2D eigenvalue weighted by atomic mass is 10.1. The first kappa shape index (κ1) is 9.93. The second kappa shape index (κ2) is 3.51. The lowest BCUT2D eigenvalue weighted by molar-refractivity contribution is 0.277. The summed E-state index contributed by atoms with van der Waals surface area (Å²) in [5.74, 6) is 0. The van der Waals surface area contributed by atoms with Gasteiger partial charge in [0.05, 0.1) is 17.6 Å². The van der Waals surface area contributed by atoms with E-state index in [0.29, 0.717) is 16.5 Å². The maximum Gasteiger partial charge on any atom is 0.198 e. The first-order valence-electron chi connectivity index (χ1n) is 4.76. The Balaban J connectivity index is 2.93. The molecule has 15 heavy (non-hydrogen) atoms. The first-order valence-corrected chi connectivity index (χ1v) is 4.76. The van der Waals surface area contributed by atoms with Crippen LogP contribution in [0.1, 0.15) is 16.7 Å². The molecule has 0 aliphatic heterocycles. The fourth-order valence-electron chi connectivity index (χ4n) is 1.75. The minimum Gasteiger partial charge on any atom is -0.463 e. The Kier molecular flexibility index (Phi) is 2.32. The Bertz CT molecular complexity index is 567. The van der Waals surface area contributed by atoms with Gasteiger partial charge < -0.3 is 9.52 Å². The summed E-state index contributed by atoms with van der Waals surface area (Å²) < 4.78 is 5.34. The van der Waals surface area contributed by atoms with Crippen LogP contribution in [-0.2, 0) is 6.61 Å². The molecule has 78 valence electrons. The van der Waals surface area contributed by atoms with Gasteiger partial charge in [0.2, 0.25) is 0 Å². The Labute approximate surface area is 87.0 Å². The minimum atomic E-state index is -0.286. The summed E-state index contributed by atoms with van der Waals surface area (Å²) >= 11 is 0. The molecule has 0 aliphatic carbocycles. The second-order valence-corrected chi connectivity index (χ2v) is 3.71. The summed E-state index contributed by atoms with van der Waals surface area (Å²) in [5, 5.41) is 9.50. The van der Waals surface area contributed by atoms with Crippen LogP contribution in [0.3, 0.4) is 0 Å². The third-order valence-electron chi connectivity index (χ3n) is 2.44. The molecule has 1 heterocycles. The van der Waals surface area contributed by atoms with Gasteiger partial charge in [-0.15, -0.1) is 0 Å². The maximum absolute atomic E-state index is 11.8. The summed E-state index contributed by atoms with van der Waals surface area (Å²) in [6, 6.07) is 3.75. The molecular formula is C12H12O3. The molecular weight excluding hydrogens is 192 g/mol. The second-order valence-electron chi connectivity index (χ2n) is 3.71. The van der Waals surface area contributed by atoms with E-state index in [-0.39, 0.29) is 12.0 Å². The van der Waals surface area contributed by atoms with Gasteiger partial charge in [-0.2, -0.15) is 0 Å². The lowest BCUT2D eigenvalue weighted by Crippen LogP contribution is -2.09. The first-order chi connectivity index (χ1) is 7.13. The van der Waals surface area contributed by atoms with E-state index in [9.17, 15) is 4.79 Å². The summed E-state index contributed by atoms with van der Waals surface area (Å²) in [7, 11) is 0. The highest BCUT2D eigenvalue weighted by Gasteiger charge is 2.08. The predicted molar refractivity (Wildman–Crippen MR) is 57.9 cm³/mol. The van der Waals surface area contributed by atoms with Crippen LogP contribution >= 0.6 is 0 Å². The molecule has 0 atom stereocenters. The zero-order valence-electron chi connectivity index (χ0n) is 8.70. The van der Waals surface area contributed by atoms with Crippen molar-refractivity contribution in [1.29, 1.82) is 0 Å². The van der Waals surface area contributed by atoms with Crippen LogP contribution in [0.2, 0.25) is 0 Å². The number of aliphatic hydroxyl groups is 1. The molecule has 3 heteroatoms. The van der Waals surface area contributed by atoms with Gasteiger partial charge in [-0.3, -0.25) is 4.79 Å². The van der Waals surface area contributed by atoms with Gasteiger partial charge in [0.25, 0.3) is 0 Å². The van der Waals surface area contributed by atoms with Gasteiger partial charge in [-0.1, -0.05) is 6.07 Å². The van der Waals surface area contributed by atoms with Crippen LogP contribution in [0.25, 0.3) is 11.0 Å². The lowest BCUT2D eigenvalue weighted by Gasteiger charge is -2.03. The number of fused-ring (bicyclic) bond motifs is 1. The van der Waals surface area contributed by atoms with E-state index in [1.54, 1.807) is 6.07 Å². The number of benzene rings is 1. The quantitative estimate of drug-likeness (QED) is 0.771. The zero-order chi connectivity index (χ0) is 11.0. The van der Waals surface area contributed by atoms with Crippen LogP contribution < -0.4 is 5.43 Å². The monoisotopic (exact) mass is 204 g/mol. The number of hydrogen-bond donors (Lipinski definition) is 1. The fraction of sp³-hybridized carbons (Fsp3) is 0.250. The third kappa shape index (κ3) is 1.55. The molecule has 3 nitrogen and oxygen atoms in total. The molecule has 0 fully saturated rings. The molecule has 0 spiro atoms. The summed E-state index contributed by atoms with van der Waals surface area (Å²) in [4.78, 5) is 11.8. The summed E-state index contributed by atoms with van der Waals surface area (Å²) in [6.45, 7) is 3.54. The fourth-order valence-corrected chi connectivity index (χ4v) is 1.75. The van der Waals surface area contributed by atoms with E-state index in [2.05, 4.69) is 0 Å². The molecule has 2 rings (SSSR count). The van der Waals surface area contributed by atoms with E-state index >= 15 is 0 Å². The highest BCUT2D eigenvalue weighted by Crippen LogP contribution is 2.18. The number of aryl methyl sites for hydroxylation is 2. The van der Waals surface area contributed by atoms with Crippen molar-refractivity contribution < 1.29 is 9.52 Å². The smallest absolute Gasteiger partial charge is 0.198 e. The summed E-state index contributed by atoms with van der Waals surface area (Å²) in [6.07, 6.45) is 1.33. The molecule has 1 aromatic heterocycles. The Morgan fingerprint density at radius 3 is 2.73 bits per heavy atom. The van der Waals surface area contributed by atoms with Crippen molar-refractivity contribution in [2.45, 2.75) is 20.5 Å². The van der Waals surface area contributed by atoms with Crippen LogP contribution in [0.5, 0.6) is 0 Å². The van der Waals surface area contributed by atoms with E-state index in [0.717, 1.165) is 11.1 Å². The van der Waals surface area contributed by atoms with Gasteiger partial charge in [0.1, 0.15) is 11.8 Å². The average molecular weight is 204 g/mol. The SMILES string of the molecule is Cc1cc(C)c2occ(CO)c(=O)c2c1. The Morgan fingerprint density at radius 1 is 1.33 bits per heavy atom. The van der Waals surface area contributed by atoms with Crippen molar-refractivity contribution in [3.05, 3.63) is 45.3 Å². The largest absolute Gasteiger partial charge is 0.463 e. The van der Waals surface area contributed by atoms with Crippen LogP contribution in [0.15, 0.2) is 27.6 Å². The average Bonchev–Trinajstić information content (AvgIpc) is 2.19. The standard InChI is InChI=1S/C12H12O3/c1-7-3-8(2)12-10(4-7)11(14)9(5-13)6-15-12/h3-4,6,13H,5H2,1-2H3. The molecule has 2 aromatic rings. The molecule has 0 amide bonds. The van der Waals surface area contributed by atoms with E-state index in [1.165, 1.54) is 6.26 Å².